The molecule has 20 heavy (non-hydrogen) atoms. The zero-order valence-corrected chi connectivity index (χ0v) is 11.5. The summed E-state index contributed by atoms with van der Waals surface area (Å²) in [7, 11) is 0. The van der Waals surface area contributed by atoms with Crippen LogP contribution in [0.25, 0.3) is 0 Å². The summed E-state index contributed by atoms with van der Waals surface area (Å²) in [6.45, 7) is 1.26. The van der Waals surface area contributed by atoms with E-state index in [1.165, 1.54) is 0 Å². The molecule has 1 aromatic rings. The van der Waals surface area contributed by atoms with E-state index in [4.69, 9.17) is 0 Å². The van der Waals surface area contributed by atoms with Crippen LogP contribution >= 0.6 is 0 Å². The van der Waals surface area contributed by atoms with Crippen LogP contribution in [0.5, 0.6) is 0 Å². The first-order valence-corrected chi connectivity index (χ1v) is 7.38. The van der Waals surface area contributed by atoms with E-state index >= 15 is 0 Å². The molecule has 1 heterocycles. The third-order valence-corrected chi connectivity index (χ3v) is 4.07. The van der Waals surface area contributed by atoms with Crippen LogP contribution in [0.1, 0.15) is 31.2 Å². The van der Waals surface area contributed by atoms with Crippen molar-refractivity contribution < 1.29 is 9.59 Å². The molecule has 2 fully saturated rings. The first-order chi connectivity index (χ1) is 9.75. The van der Waals surface area contributed by atoms with Crippen LogP contribution < -0.4 is 5.32 Å². The van der Waals surface area contributed by atoms with Gasteiger partial charge in [0.1, 0.15) is 6.04 Å². The molecule has 4 nitrogen and oxygen atoms in total. The molecular formula is C16H20N2O2. The van der Waals surface area contributed by atoms with Gasteiger partial charge in [-0.25, -0.2) is 0 Å². The highest BCUT2D eigenvalue weighted by molar-refractivity contribution is 5.89. The molecule has 0 unspecified atom stereocenters. The minimum absolute atomic E-state index is 0.0136. The smallest absolute Gasteiger partial charge is 0.243 e. The van der Waals surface area contributed by atoms with Crippen molar-refractivity contribution in [3.05, 3.63) is 35.9 Å². The lowest BCUT2D eigenvalue weighted by atomic mass is 10.1. The number of hydrogen-bond acceptors (Lipinski definition) is 2. The molecule has 106 valence electrons. The second-order valence-corrected chi connectivity index (χ2v) is 5.67. The maximum absolute atomic E-state index is 12.3. The monoisotopic (exact) mass is 272 g/mol. The topological polar surface area (TPSA) is 49.4 Å². The minimum atomic E-state index is -0.258. The van der Waals surface area contributed by atoms with Gasteiger partial charge in [-0.15, -0.1) is 0 Å². The van der Waals surface area contributed by atoms with Crippen LogP contribution in [0.15, 0.2) is 30.3 Å². The van der Waals surface area contributed by atoms with Crippen molar-refractivity contribution in [3.8, 4) is 0 Å². The Morgan fingerprint density at radius 3 is 2.60 bits per heavy atom. The molecule has 0 aromatic heterocycles. The molecule has 3 rings (SSSR count). The van der Waals surface area contributed by atoms with Crippen LogP contribution in [-0.4, -0.2) is 29.3 Å². The van der Waals surface area contributed by atoms with Gasteiger partial charge in [0.15, 0.2) is 0 Å². The second-order valence-electron chi connectivity index (χ2n) is 5.67. The van der Waals surface area contributed by atoms with Crippen LogP contribution in [0, 0.1) is 5.92 Å². The molecule has 0 bridgehead atoms. The van der Waals surface area contributed by atoms with Gasteiger partial charge < -0.3 is 10.2 Å². The molecule has 1 saturated heterocycles. The summed E-state index contributed by atoms with van der Waals surface area (Å²) in [4.78, 5) is 26.2. The van der Waals surface area contributed by atoms with Gasteiger partial charge in [0.2, 0.25) is 11.8 Å². The zero-order chi connectivity index (χ0) is 13.9. The summed E-state index contributed by atoms with van der Waals surface area (Å²) in [5, 5.41) is 2.95. The molecule has 2 amide bonds. The van der Waals surface area contributed by atoms with Crippen molar-refractivity contribution in [2.45, 2.75) is 38.3 Å². The molecule has 1 N–H and O–H groups in total. The Hall–Kier alpha value is -1.84. The van der Waals surface area contributed by atoms with Crippen LogP contribution in [0.4, 0.5) is 0 Å². The Labute approximate surface area is 119 Å². The molecule has 0 radical (unpaired) electrons. The lowest BCUT2D eigenvalue weighted by molar-refractivity contribution is -0.139. The van der Waals surface area contributed by atoms with Gasteiger partial charge in [0, 0.05) is 19.0 Å². The number of amides is 2. The van der Waals surface area contributed by atoms with Gasteiger partial charge >= 0.3 is 0 Å². The molecule has 1 saturated carbocycles. The summed E-state index contributed by atoms with van der Waals surface area (Å²) in [5.41, 5.74) is 1.08. The van der Waals surface area contributed by atoms with Crippen molar-refractivity contribution in [2.75, 3.05) is 6.54 Å². The number of rotatable bonds is 4. The molecule has 4 heteroatoms. The Morgan fingerprint density at radius 1 is 1.15 bits per heavy atom. The van der Waals surface area contributed by atoms with Gasteiger partial charge in [0.05, 0.1) is 0 Å². The first-order valence-electron chi connectivity index (χ1n) is 7.38. The Bertz CT molecular complexity index is 496. The number of carbonyl (C=O) groups is 2. The fraction of sp³-hybridized carbons (Fsp3) is 0.500. The van der Waals surface area contributed by atoms with E-state index in [1.54, 1.807) is 4.90 Å². The summed E-state index contributed by atoms with van der Waals surface area (Å²) in [5.74, 6) is 0.361. The largest absolute Gasteiger partial charge is 0.350 e. The van der Waals surface area contributed by atoms with E-state index in [1.807, 2.05) is 30.3 Å². The highest BCUT2D eigenvalue weighted by Crippen LogP contribution is 2.33. The maximum Gasteiger partial charge on any atom is 0.243 e. The number of nitrogens with one attached hydrogen (secondary N) is 1. The van der Waals surface area contributed by atoms with Gasteiger partial charge in [-0.3, -0.25) is 9.59 Å². The van der Waals surface area contributed by atoms with Gasteiger partial charge in [-0.1, -0.05) is 30.3 Å². The van der Waals surface area contributed by atoms with Crippen LogP contribution in [-0.2, 0) is 16.1 Å². The predicted molar refractivity (Wildman–Crippen MR) is 75.7 cm³/mol. The molecular weight excluding hydrogens is 252 g/mol. The van der Waals surface area contributed by atoms with E-state index in [9.17, 15) is 9.59 Å². The molecule has 0 spiro atoms. The highest BCUT2D eigenvalue weighted by atomic mass is 16.2. The average Bonchev–Trinajstić information content (AvgIpc) is 3.22. The third-order valence-electron chi connectivity index (χ3n) is 4.07. The maximum atomic E-state index is 12.3. The van der Waals surface area contributed by atoms with Crippen LogP contribution in [0.3, 0.4) is 0 Å². The van der Waals surface area contributed by atoms with Crippen LogP contribution in [0.2, 0.25) is 0 Å². The van der Waals surface area contributed by atoms with E-state index in [2.05, 4.69) is 5.32 Å². The molecule has 1 aliphatic carbocycles. The average molecular weight is 272 g/mol. The molecule has 1 aliphatic heterocycles. The van der Waals surface area contributed by atoms with Crippen molar-refractivity contribution in [3.63, 3.8) is 0 Å². The third kappa shape index (κ3) is 2.84. The lowest BCUT2D eigenvalue weighted by Crippen LogP contribution is -2.46. The Morgan fingerprint density at radius 2 is 1.90 bits per heavy atom. The van der Waals surface area contributed by atoms with E-state index < -0.39 is 0 Å². The summed E-state index contributed by atoms with van der Waals surface area (Å²) >= 11 is 0. The minimum Gasteiger partial charge on any atom is -0.350 e. The molecule has 1 aromatic carbocycles. The van der Waals surface area contributed by atoms with Crippen molar-refractivity contribution in [1.82, 2.24) is 10.2 Å². The Balaban J connectivity index is 1.57. The SMILES string of the molecule is O=C(NCc1ccccc1)[C@@H]1CCCN1C(=O)C1CC1. The van der Waals surface area contributed by atoms with Crippen molar-refractivity contribution >= 4 is 11.8 Å². The lowest BCUT2D eigenvalue weighted by Gasteiger charge is -2.24. The summed E-state index contributed by atoms with van der Waals surface area (Å²) in [6.07, 6.45) is 3.71. The standard InChI is InChI=1S/C16H20N2O2/c19-15(17-11-12-5-2-1-3-6-12)14-7-4-10-18(14)16(20)13-8-9-13/h1-3,5-6,13-14H,4,7-11H2,(H,17,19)/t14-/m0/s1. The number of benzene rings is 1. The summed E-state index contributed by atoms with van der Waals surface area (Å²) < 4.78 is 0. The number of likely N-dealkylation sites (tertiary alicyclic amines) is 1. The predicted octanol–water partition coefficient (Wildman–Crippen LogP) is 1.70. The van der Waals surface area contributed by atoms with Gasteiger partial charge in [-0.05, 0) is 31.2 Å². The fourth-order valence-corrected chi connectivity index (χ4v) is 2.77. The van der Waals surface area contributed by atoms with Gasteiger partial charge in [0.25, 0.3) is 0 Å². The fourth-order valence-electron chi connectivity index (χ4n) is 2.77. The van der Waals surface area contributed by atoms with E-state index in [0.717, 1.165) is 37.8 Å². The first kappa shape index (κ1) is 13.2. The quantitative estimate of drug-likeness (QED) is 0.907. The van der Waals surface area contributed by atoms with Gasteiger partial charge in [-0.2, -0.15) is 0 Å². The Kier molecular flexibility index (Phi) is 3.72. The zero-order valence-electron chi connectivity index (χ0n) is 11.5. The normalized spacial score (nSPS) is 21.8. The molecule has 1 atom stereocenters. The number of hydrogen-bond donors (Lipinski definition) is 1. The second kappa shape index (κ2) is 5.65. The van der Waals surface area contributed by atoms with E-state index in [0.29, 0.717) is 6.54 Å². The summed E-state index contributed by atoms with van der Waals surface area (Å²) in [6, 6.07) is 9.59. The number of carbonyl (C=O) groups excluding carboxylic acids is 2. The van der Waals surface area contributed by atoms with Crippen molar-refractivity contribution in [1.29, 1.82) is 0 Å². The highest BCUT2D eigenvalue weighted by Gasteiger charge is 2.40. The number of nitrogens with zero attached hydrogens (tertiary/aromatic N) is 1. The molecule has 2 aliphatic rings. The van der Waals surface area contributed by atoms with Crippen molar-refractivity contribution in [2.24, 2.45) is 5.92 Å². The van der Waals surface area contributed by atoms with E-state index in [-0.39, 0.29) is 23.8 Å².